The van der Waals surface area contributed by atoms with Gasteiger partial charge in [-0.25, -0.2) is 0 Å². The molecule has 0 radical (unpaired) electrons. The quantitative estimate of drug-likeness (QED) is 0.126. The highest BCUT2D eigenvalue weighted by Crippen LogP contribution is 2.40. The number of hydrogen-bond acceptors (Lipinski definition) is 6. The van der Waals surface area contributed by atoms with Crippen molar-refractivity contribution in [3.63, 3.8) is 0 Å². The minimum absolute atomic E-state index is 0.131. The number of nitrogens with zero attached hydrogens (tertiary/aromatic N) is 3. The lowest BCUT2D eigenvalue weighted by Crippen LogP contribution is -2.35. The number of carboxylic acids is 1. The minimum atomic E-state index is -0.797. The van der Waals surface area contributed by atoms with E-state index in [1.54, 1.807) is 7.11 Å². The van der Waals surface area contributed by atoms with Gasteiger partial charge in [-0.1, -0.05) is 77.8 Å². The van der Waals surface area contributed by atoms with Gasteiger partial charge in [0.1, 0.15) is 11.8 Å². The summed E-state index contributed by atoms with van der Waals surface area (Å²) in [4.78, 5) is 25.2. The summed E-state index contributed by atoms with van der Waals surface area (Å²) >= 11 is 14.0. The van der Waals surface area contributed by atoms with Gasteiger partial charge in [-0.05, 0) is 66.3 Å². The molecule has 2 atom stereocenters. The number of likely N-dealkylation sites (tertiary alicyclic amines) is 1. The summed E-state index contributed by atoms with van der Waals surface area (Å²) < 4.78 is 7.67. The Balaban J connectivity index is 1.10. The highest BCUT2D eigenvalue weighted by molar-refractivity contribution is 6.36. The number of ether oxygens (including phenoxy) is 1. The number of rotatable bonds is 12. The molecule has 0 aliphatic carbocycles. The number of methoxy groups -OCH3 is 1. The molecule has 2 saturated heterocycles. The molecule has 2 fully saturated rings. The van der Waals surface area contributed by atoms with E-state index in [0.717, 1.165) is 82.3 Å². The molecule has 0 unspecified atom stereocenters. The topological polar surface area (TPSA) is 109 Å². The Morgan fingerprint density at radius 3 is 2.54 bits per heavy atom. The maximum atomic E-state index is 11.7. The molecule has 2 aliphatic heterocycles. The van der Waals surface area contributed by atoms with Gasteiger partial charge in [-0.3, -0.25) is 19.2 Å². The second-order valence-corrected chi connectivity index (χ2v) is 13.8. The number of carboxylic acid groups (broad SMARTS) is 1. The number of amides is 1. The summed E-state index contributed by atoms with van der Waals surface area (Å²) in [5.41, 5.74) is 7.70. The van der Waals surface area contributed by atoms with E-state index >= 15 is 0 Å². The summed E-state index contributed by atoms with van der Waals surface area (Å²) in [5, 5.41) is 23.0. The van der Waals surface area contributed by atoms with Crippen LogP contribution in [0, 0.1) is 0 Å². The average molecular weight is 713 g/mol. The van der Waals surface area contributed by atoms with Crippen LogP contribution >= 0.6 is 23.2 Å². The second kappa shape index (κ2) is 14.8. The van der Waals surface area contributed by atoms with Crippen molar-refractivity contribution in [1.29, 1.82) is 0 Å². The van der Waals surface area contributed by atoms with E-state index in [-0.39, 0.29) is 11.9 Å². The number of fused-ring (bicyclic) bond motifs is 1. The highest BCUT2D eigenvalue weighted by Gasteiger charge is 2.31. The van der Waals surface area contributed by atoms with Gasteiger partial charge in [0, 0.05) is 59.2 Å². The number of benzene rings is 4. The largest absolute Gasteiger partial charge is 0.496 e. The lowest BCUT2D eigenvalue weighted by atomic mass is 9.96. The second-order valence-electron chi connectivity index (χ2n) is 13.1. The van der Waals surface area contributed by atoms with Crippen LogP contribution in [0.1, 0.15) is 42.4 Å². The van der Waals surface area contributed by atoms with Gasteiger partial charge < -0.3 is 20.5 Å². The fourth-order valence-corrected chi connectivity index (χ4v) is 7.78. The lowest BCUT2D eigenvalue weighted by molar-refractivity contribution is -0.142. The Labute approximate surface area is 301 Å². The SMILES string of the molecule is COc1cc(Cn2ncc3c(-c4cccc(-c5ccc(CNC[C@@H]6CCC(=O)N6)cc5)c4Cl)cccc32)c(Cl)cc1CN1CCC[C@H]1C(=O)O. The number of aliphatic carboxylic acids is 1. The van der Waals surface area contributed by atoms with Crippen LogP contribution in [0.15, 0.2) is 79.0 Å². The van der Waals surface area contributed by atoms with Crippen LogP contribution in [-0.2, 0) is 29.2 Å². The standard InChI is InChI=1S/C39H39Cl2N5O4/c1-50-36-18-26(33(40)17-27(36)22-45-16-4-9-35(45)39(48)49)23-46-34-8-3-6-30(32(34)21-43-46)31-7-2-5-29(38(31)41)25-12-10-24(11-13-25)19-42-20-28-14-15-37(47)44-28/h2-3,5-8,10-13,17-18,21,28,35,42H,4,9,14-16,19-20,22-23H2,1H3,(H,44,47)(H,48,49)/t28-,35-/m0/s1. The molecule has 1 amide bonds. The van der Waals surface area contributed by atoms with Crippen molar-refractivity contribution in [2.45, 2.75) is 57.4 Å². The van der Waals surface area contributed by atoms with E-state index in [9.17, 15) is 14.7 Å². The van der Waals surface area contributed by atoms with Crippen molar-refractivity contribution in [1.82, 2.24) is 25.3 Å². The molecular weight excluding hydrogens is 673 g/mol. The molecular formula is C39H39Cl2N5O4. The molecule has 7 rings (SSSR count). The molecule has 0 spiro atoms. The zero-order valence-electron chi connectivity index (χ0n) is 27.8. The molecule has 5 aromatic rings. The van der Waals surface area contributed by atoms with Gasteiger partial charge in [0.15, 0.2) is 0 Å². The van der Waals surface area contributed by atoms with Gasteiger partial charge in [0.05, 0.1) is 30.4 Å². The third kappa shape index (κ3) is 7.09. The Morgan fingerprint density at radius 1 is 1.00 bits per heavy atom. The molecule has 258 valence electrons. The highest BCUT2D eigenvalue weighted by atomic mass is 35.5. The van der Waals surface area contributed by atoms with Crippen molar-refractivity contribution < 1.29 is 19.4 Å². The molecule has 1 aromatic heterocycles. The first-order chi connectivity index (χ1) is 24.3. The fraction of sp³-hybridized carbons (Fsp3) is 0.308. The number of carbonyl (C=O) groups excluding carboxylic acids is 1. The molecule has 50 heavy (non-hydrogen) atoms. The molecule has 0 bridgehead atoms. The van der Waals surface area contributed by atoms with Gasteiger partial charge in [0.2, 0.25) is 5.91 Å². The monoisotopic (exact) mass is 711 g/mol. The van der Waals surface area contributed by atoms with Crippen molar-refractivity contribution in [3.8, 4) is 28.0 Å². The van der Waals surface area contributed by atoms with Crippen molar-refractivity contribution in [2.24, 2.45) is 0 Å². The van der Waals surface area contributed by atoms with Gasteiger partial charge in [0.25, 0.3) is 0 Å². The van der Waals surface area contributed by atoms with Crippen LogP contribution in [0.3, 0.4) is 0 Å². The van der Waals surface area contributed by atoms with Crippen molar-refractivity contribution in [3.05, 3.63) is 106 Å². The zero-order chi connectivity index (χ0) is 34.8. The first-order valence-corrected chi connectivity index (χ1v) is 17.7. The van der Waals surface area contributed by atoms with Crippen LogP contribution in [0.2, 0.25) is 10.0 Å². The van der Waals surface area contributed by atoms with E-state index in [4.69, 9.17) is 33.0 Å². The van der Waals surface area contributed by atoms with Crippen molar-refractivity contribution in [2.75, 3.05) is 20.2 Å². The summed E-state index contributed by atoms with van der Waals surface area (Å²) in [6, 6.07) is 24.1. The van der Waals surface area contributed by atoms with E-state index in [1.807, 2.05) is 58.2 Å². The van der Waals surface area contributed by atoms with Crippen molar-refractivity contribution >= 4 is 46.0 Å². The number of nitrogens with one attached hydrogen (secondary N) is 2. The van der Waals surface area contributed by atoms with Gasteiger partial charge in [-0.15, -0.1) is 0 Å². The van der Waals surface area contributed by atoms with E-state index in [2.05, 4.69) is 41.0 Å². The van der Waals surface area contributed by atoms with Gasteiger partial charge in [-0.2, -0.15) is 5.10 Å². The van der Waals surface area contributed by atoms with E-state index < -0.39 is 12.0 Å². The maximum absolute atomic E-state index is 11.7. The summed E-state index contributed by atoms with van der Waals surface area (Å²) in [6.07, 6.45) is 4.85. The summed E-state index contributed by atoms with van der Waals surface area (Å²) in [6.45, 7) is 3.08. The molecule has 4 aromatic carbocycles. The average Bonchev–Trinajstić information content (AvgIpc) is 3.87. The Kier molecular flexibility index (Phi) is 10.1. The van der Waals surface area contributed by atoms with E-state index in [1.165, 1.54) is 0 Å². The third-order valence-electron chi connectivity index (χ3n) is 9.84. The fourth-order valence-electron chi connectivity index (χ4n) is 7.20. The molecule has 3 N–H and O–H groups in total. The number of halogens is 2. The molecule has 11 heteroatoms. The Hall–Kier alpha value is -4.41. The number of carbonyl (C=O) groups is 2. The minimum Gasteiger partial charge on any atom is -0.496 e. The first-order valence-electron chi connectivity index (χ1n) is 16.9. The molecule has 2 aliphatic rings. The van der Waals surface area contributed by atoms with Crippen LogP contribution < -0.4 is 15.4 Å². The smallest absolute Gasteiger partial charge is 0.320 e. The predicted molar refractivity (Wildman–Crippen MR) is 197 cm³/mol. The molecule has 0 saturated carbocycles. The van der Waals surface area contributed by atoms with Crippen LogP contribution in [0.4, 0.5) is 0 Å². The lowest BCUT2D eigenvalue weighted by Gasteiger charge is -2.23. The Morgan fingerprint density at radius 2 is 1.78 bits per heavy atom. The summed E-state index contributed by atoms with van der Waals surface area (Å²) in [7, 11) is 1.62. The van der Waals surface area contributed by atoms with E-state index in [0.29, 0.717) is 41.7 Å². The zero-order valence-corrected chi connectivity index (χ0v) is 29.3. The third-order valence-corrected chi connectivity index (χ3v) is 10.6. The van der Waals surface area contributed by atoms with Crippen LogP contribution in [0.5, 0.6) is 5.75 Å². The molecule has 3 heterocycles. The molecule has 9 nitrogen and oxygen atoms in total. The van der Waals surface area contributed by atoms with Crippen LogP contribution in [-0.4, -0.2) is 63.9 Å². The number of aromatic nitrogens is 2. The Bertz CT molecular complexity index is 2050. The normalized spacial score (nSPS) is 17.8. The van der Waals surface area contributed by atoms with Crippen LogP contribution in [0.25, 0.3) is 33.2 Å². The van der Waals surface area contributed by atoms with Gasteiger partial charge >= 0.3 is 5.97 Å². The summed E-state index contributed by atoms with van der Waals surface area (Å²) in [5.74, 6) is 0.00405. The first kappa shape index (κ1) is 34.1. The predicted octanol–water partition coefficient (Wildman–Crippen LogP) is 7.15. The number of hydrogen-bond donors (Lipinski definition) is 3. The maximum Gasteiger partial charge on any atom is 0.320 e.